The van der Waals surface area contributed by atoms with Gasteiger partial charge in [-0.1, -0.05) is 29.8 Å². The summed E-state index contributed by atoms with van der Waals surface area (Å²) in [5, 5.41) is 2.49. The van der Waals surface area contributed by atoms with Crippen molar-refractivity contribution in [2.75, 3.05) is 6.54 Å². The Hall–Kier alpha value is -3.10. The van der Waals surface area contributed by atoms with Crippen LogP contribution in [0.1, 0.15) is 11.3 Å². The molecule has 2 aromatic carbocycles. The Bertz CT molecular complexity index is 1400. The molecule has 0 radical (unpaired) electrons. The van der Waals surface area contributed by atoms with Gasteiger partial charge in [0.2, 0.25) is 0 Å². The number of aromatic nitrogens is 2. The van der Waals surface area contributed by atoms with Gasteiger partial charge in [0.05, 0.1) is 15.9 Å². The third-order valence-electron chi connectivity index (χ3n) is 5.34. The zero-order valence-corrected chi connectivity index (χ0v) is 17.3. The van der Waals surface area contributed by atoms with Crippen molar-refractivity contribution in [3.05, 3.63) is 71.0 Å². The zero-order chi connectivity index (χ0) is 20.9. The molecule has 1 aliphatic rings. The average molecular weight is 441 g/mol. The first kappa shape index (κ1) is 18.9. The molecule has 2 aromatic heterocycles. The number of urea groups is 1. The minimum atomic E-state index is -3.92. The van der Waals surface area contributed by atoms with E-state index in [0.29, 0.717) is 24.5 Å². The van der Waals surface area contributed by atoms with Gasteiger partial charge in [-0.15, -0.1) is 0 Å². The van der Waals surface area contributed by atoms with E-state index in [1.54, 1.807) is 24.4 Å². The van der Waals surface area contributed by atoms with Gasteiger partial charge >= 0.3 is 6.03 Å². The largest absolute Gasteiger partial charge is 0.357 e. The van der Waals surface area contributed by atoms with Crippen molar-refractivity contribution in [3.8, 4) is 0 Å². The van der Waals surface area contributed by atoms with Gasteiger partial charge in [0.25, 0.3) is 10.0 Å². The highest BCUT2D eigenvalue weighted by molar-refractivity contribution is 7.90. The van der Waals surface area contributed by atoms with Crippen LogP contribution in [0.4, 0.5) is 4.79 Å². The lowest BCUT2D eigenvalue weighted by atomic mass is 10.0. The molecule has 0 unspecified atom stereocenters. The number of carbonyl (C=O) groups is 1. The number of rotatable bonds is 2. The quantitative estimate of drug-likeness (QED) is 0.495. The summed E-state index contributed by atoms with van der Waals surface area (Å²) in [5.41, 5.74) is 3.72. The van der Waals surface area contributed by atoms with Crippen LogP contribution in [0.25, 0.3) is 21.8 Å². The summed E-state index contributed by atoms with van der Waals surface area (Å²) in [7, 11) is -3.92. The number of hydrogen-bond donors (Lipinski definition) is 2. The monoisotopic (exact) mass is 440 g/mol. The Morgan fingerprint density at radius 3 is 2.73 bits per heavy atom. The summed E-state index contributed by atoms with van der Waals surface area (Å²) in [5.74, 6) is 0. The first-order chi connectivity index (χ1) is 14.4. The number of carbonyl (C=O) groups excluding carboxylic acids is 1. The first-order valence-electron chi connectivity index (χ1n) is 9.37. The molecule has 2 N–H and O–H groups in total. The molecule has 0 atom stereocenters. The van der Waals surface area contributed by atoms with Gasteiger partial charge < -0.3 is 9.88 Å². The van der Waals surface area contributed by atoms with Gasteiger partial charge in [-0.05, 0) is 30.3 Å². The SMILES string of the molecule is O=C(NS(=O)(=O)c1ccccc1)N1CCc2[nH]c3c(cnc4cc(Cl)ccc43)c2C1. The highest BCUT2D eigenvalue weighted by Gasteiger charge is 2.27. The van der Waals surface area contributed by atoms with Crippen LogP contribution in [0.5, 0.6) is 0 Å². The molecule has 3 heterocycles. The molecular weight excluding hydrogens is 424 g/mol. The summed E-state index contributed by atoms with van der Waals surface area (Å²) in [6, 6.07) is 12.8. The number of aromatic amines is 1. The third-order valence-corrected chi connectivity index (χ3v) is 6.91. The van der Waals surface area contributed by atoms with E-state index < -0.39 is 16.1 Å². The van der Waals surface area contributed by atoms with Crippen molar-refractivity contribution in [2.24, 2.45) is 0 Å². The number of pyridine rings is 1. The minimum absolute atomic E-state index is 0.0532. The van der Waals surface area contributed by atoms with E-state index in [1.165, 1.54) is 17.0 Å². The Kier molecular flexibility index (Phi) is 4.41. The summed E-state index contributed by atoms with van der Waals surface area (Å²) in [6.45, 7) is 0.708. The van der Waals surface area contributed by atoms with Gasteiger partial charge in [-0.2, -0.15) is 0 Å². The molecule has 7 nitrogen and oxygen atoms in total. The van der Waals surface area contributed by atoms with E-state index in [1.807, 2.05) is 18.2 Å². The van der Waals surface area contributed by atoms with Crippen LogP contribution >= 0.6 is 11.6 Å². The number of hydrogen-bond acceptors (Lipinski definition) is 4. The number of nitrogens with zero attached hydrogens (tertiary/aromatic N) is 2. The summed E-state index contributed by atoms with van der Waals surface area (Å²) < 4.78 is 27.1. The predicted molar refractivity (Wildman–Crippen MR) is 115 cm³/mol. The van der Waals surface area contributed by atoms with Crippen LogP contribution in [0, 0.1) is 0 Å². The van der Waals surface area contributed by atoms with Crippen LogP contribution in [-0.4, -0.2) is 35.9 Å². The fraction of sp³-hybridized carbons (Fsp3) is 0.143. The van der Waals surface area contributed by atoms with Crippen LogP contribution in [-0.2, 0) is 23.0 Å². The molecular formula is C21H17ClN4O3S. The fourth-order valence-corrected chi connectivity index (χ4v) is 5.00. The minimum Gasteiger partial charge on any atom is -0.357 e. The van der Waals surface area contributed by atoms with Gasteiger partial charge in [-0.25, -0.2) is 17.9 Å². The van der Waals surface area contributed by atoms with E-state index in [0.717, 1.165) is 33.1 Å². The van der Waals surface area contributed by atoms with Crippen LogP contribution < -0.4 is 4.72 Å². The lowest BCUT2D eigenvalue weighted by Crippen LogP contribution is -2.44. The second kappa shape index (κ2) is 7.00. The molecule has 9 heteroatoms. The fourth-order valence-electron chi connectivity index (χ4n) is 3.84. The first-order valence-corrected chi connectivity index (χ1v) is 11.2. The number of benzene rings is 2. The average Bonchev–Trinajstić information content (AvgIpc) is 3.12. The Morgan fingerprint density at radius 2 is 1.93 bits per heavy atom. The highest BCUT2D eigenvalue weighted by atomic mass is 35.5. The molecule has 0 saturated heterocycles. The van der Waals surface area contributed by atoms with Gasteiger partial charge in [0.15, 0.2) is 0 Å². The summed E-state index contributed by atoms with van der Waals surface area (Å²) in [6.07, 6.45) is 2.36. The molecule has 4 aromatic rings. The number of H-pyrrole nitrogens is 1. The van der Waals surface area contributed by atoms with E-state index in [4.69, 9.17) is 11.6 Å². The number of sulfonamides is 1. The normalized spacial score (nSPS) is 14.1. The van der Waals surface area contributed by atoms with E-state index >= 15 is 0 Å². The molecule has 0 bridgehead atoms. The lowest BCUT2D eigenvalue weighted by Gasteiger charge is -2.27. The Labute approximate surface area is 177 Å². The predicted octanol–water partition coefficient (Wildman–Crippen LogP) is 3.83. The standard InChI is InChI=1S/C21H17ClN4O3S/c22-13-6-7-15-19(10-13)23-11-16-17-12-26(9-8-18(17)24-20(15)16)21(27)25-30(28,29)14-4-2-1-3-5-14/h1-7,10-11,24H,8-9,12H2,(H,25,27). The maximum absolute atomic E-state index is 12.7. The van der Waals surface area contributed by atoms with Crippen molar-refractivity contribution < 1.29 is 13.2 Å². The van der Waals surface area contributed by atoms with Crippen LogP contribution in [0.3, 0.4) is 0 Å². The van der Waals surface area contributed by atoms with Crippen molar-refractivity contribution in [3.63, 3.8) is 0 Å². The molecule has 152 valence electrons. The number of halogens is 1. The van der Waals surface area contributed by atoms with Crippen LogP contribution in [0.15, 0.2) is 59.6 Å². The number of fused-ring (bicyclic) bond motifs is 5. The molecule has 0 fully saturated rings. The van der Waals surface area contributed by atoms with Crippen molar-refractivity contribution in [1.82, 2.24) is 19.6 Å². The van der Waals surface area contributed by atoms with E-state index in [-0.39, 0.29) is 4.90 Å². The molecule has 0 saturated carbocycles. The van der Waals surface area contributed by atoms with Gasteiger partial charge in [0.1, 0.15) is 0 Å². The Balaban J connectivity index is 1.45. The molecule has 5 rings (SSSR count). The van der Waals surface area contributed by atoms with E-state index in [2.05, 4.69) is 14.7 Å². The van der Waals surface area contributed by atoms with Crippen LogP contribution in [0.2, 0.25) is 5.02 Å². The highest BCUT2D eigenvalue weighted by Crippen LogP contribution is 2.32. The smallest absolute Gasteiger partial charge is 0.331 e. The van der Waals surface area contributed by atoms with E-state index in [9.17, 15) is 13.2 Å². The van der Waals surface area contributed by atoms with Gasteiger partial charge in [-0.3, -0.25) is 4.98 Å². The summed E-state index contributed by atoms with van der Waals surface area (Å²) in [4.78, 5) is 22.2. The topological polar surface area (TPSA) is 95.2 Å². The number of nitrogens with one attached hydrogen (secondary N) is 2. The number of amides is 2. The van der Waals surface area contributed by atoms with Crippen molar-refractivity contribution in [2.45, 2.75) is 17.9 Å². The van der Waals surface area contributed by atoms with Crippen molar-refractivity contribution in [1.29, 1.82) is 0 Å². The maximum Gasteiger partial charge on any atom is 0.331 e. The second-order valence-electron chi connectivity index (χ2n) is 7.19. The molecule has 0 spiro atoms. The molecule has 0 aliphatic carbocycles. The Morgan fingerprint density at radius 1 is 1.13 bits per heavy atom. The van der Waals surface area contributed by atoms with Gasteiger partial charge in [0, 0.05) is 52.8 Å². The zero-order valence-electron chi connectivity index (χ0n) is 15.7. The molecule has 2 amide bonds. The maximum atomic E-state index is 12.7. The molecule has 30 heavy (non-hydrogen) atoms. The molecule has 1 aliphatic heterocycles. The van der Waals surface area contributed by atoms with Crippen molar-refractivity contribution >= 4 is 49.5 Å². The second-order valence-corrected chi connectivity index (χ2v) is 9.30. The lowest BCUT2D eigenvalue weighted by molar-refractivity contribution is 0.198. The third kappa shape index (κ3) is 3.18. The summed E-state index contributed by atoms with van der Waals surface area (Å²) >= 11 is 6.07.